The Balaban J connectivity index is 4.62. The fourth-order valence-electron chi connectivity index (χ4n) is 1.62. The summed E-state index contributed by atoms with van der Waals surface area (Å²) in [6, 6.07) is -0.107. The maximum atomic E-state index is 11.8. The number of hydrogen-bond donors (Lipinski definition) is 2. The monoisotopic (exact) mass is 266 g/mol. The number of rotatable bonds is 8. The third-order valence-electron chi connectivity index (χ3n) is 2.46. The van der Waals surface area contributed by atoms with Crippen LogP contribution in [0.5, 0.6) is 0 Å². The first-order chi connectivity index (χ1) is 7.69. The van der Waals surface area contributed by atoms with Crippen molar-refractivity contribution in [2.75, 3.05) is 27.2 Å². The van der Waals surface area contributed by atoms with Gasteiger partial charge in [-0.15, -0.1) is 0 Å². The molecule has 5 nitrogen and oxygen atoms in total. The highest BCUT2D eigenvalue weighted by atomic mass is 32.2. The molecular formula is C11H26N2O3S. The van der Waals surface area contributed by atoms with Gasteiger partial charge >= 0.3 is 0 Å². The standard InChI is InChI=1S/C11H26N2O3S/c1-9(2)6-11(7-13(4)5)12-17(15,16)10(3)8-14/h9-12,14H,6-8H2,1-5H3. The molecule has 0 amide bonds. The Bertz CT molecular complexity index is 292. The molecule has 0 aromatic heterocycles. The first kappa shape index (κ1) is 16.8. The van der Waals surface area contributed by atoms with Gasteiger partial charge in [-0.1, -0.05) is 13.8 Å². The Morgan fingerprint density at radius 1 is 1.24 bits per heavy atom. The van der Waals surface area contributed by atoms with Crippen molar-refractivity contribution in [3.8, 4) is 0 Å². The summed E-state index contributed by atoms with van der Waals surface area (Å²) in [4.78, 5) is 1.96. The fourth-order valence-corrected chi connectivity index (χ4v) is 2.68. The molecule has 0 saturated carbocycles. The lowest BCUT2D eigenvalue weighted by atomic mass is 10.0. The summed E-state index contributed by atoms with van der Waals surface area (Å²) in [7, 11) is 0.400. The maximum Gasteiger partial charge on any atom is 0.216 e. The van der Waals surface area contributed by atoms with Gasteiger partial charge in [-0.3, -0.25) is 0 Å². The molecule has 0 aliphatic rings. The van der Waals surface area contributed by atoms with E-state index in [9.17, 15) is 8.42 Å². The third kappa shape index (κ3) is 6.98. The highest BCUT2D eigenvalue weighted by Gasteiger charge is 2.24. The van der Waals surface area contributed by atoms with Gasteiger partial charge in [0.25, 0.3) is 0 Å². The number of sulfonamides is 1. The number of likely N-dealkylation sites (N-methyl/N-ethyl adjacent to an activating group) is 1. The molecule has 104 valence electrons. The molecule has 0 spiro atoms. The molecule has 0 aromatic rings. The zero-order valence-corrected chi connectivity index (χ0v) is 12.3. The quantitative estimate of drug-likeness (QED) is 0.661. The first-order valence-corrected chi connectivity index (χ1v) is 7.50. The van der Waals surface area contributed by atoms with Gasteiger partial charge in [-0.2, -0.15) is 0 Å². The molecule has 0 bridgehead atoms. The Hall–Kier alpha value is -0.170. The minimum atomic E-state index is -3.43. The van der Waals surface area contributed by atoms with E-state index in [0.717, 1.165) is 6.42 Å². The molecule has 2 atom stereocenters. The number of aliphatic hydroxyl groups is 1. The SMILES string of the molecule is CC(C)CC(CN(C)C)NS(=O)(=O)C(C)CO. The summed E-state index contributed by atoms with van der Waals surface area (Å²) in [6.07, 6.45) is 0.787. The highest BCUT2D eigenvalue weighted by molar-refractivity contribution is 7.90. The van der Waals surface area contributed by atoms with E-state index < -0.39 is 15.3 Å². The van der Waals surface area contributed by atoms with Crippen LogP contribution in [0.2, 0.25) is 0 Å². The minimum Gasteiger partial charge on any atom is -0.395 e. The van der Waals surface area contributed by atoms with Crippen LogP contribution in [0.3, 0.4) is 0 Å². The molecule has 0 saturated heterocycles. The molecule has 0 fully saturated rings. The van der Waals surface area contributed by atoms with Crippen LogP contribution in [-0.4, -0.2) is 57.0 Å². The van der Waals surface area contributed by atoms with Crippen molar-refractivity contribution >= 4 is 10.0 Å². The van der Waals surface area contributed by atoms with Crippen molar-refractivity contribution in [3.05, 3.63) is 0 Å². The molecule has 0 aliphatic heterocycles. The average molecular weight is 266 g/mol. The van der Waals surface area contributed by atoms with Crippen LogP contribution < -0.4 is 4.72 Å². The van der Waals surface area contributed by atoms with Crippen LogP contribution in [0.1, 0.15) is 27.2 Å². The number of aliphatic hydroxyl groups excluding tert-OH is 1. The second kappa shape index (κ2) is 7.31. The molecule has 17 heavy (non-hydrogen) atoms. The van der Waals surface area contributed by atoms with E-state index in [1.54, 1.807) is 0 Å². The predicted molar refractivity (Wildman–Crippen MR) is 70.4 cm³/mol. The van der Waals surface area contributed by atoms with Crippen LogP contribution >= 0.6 is 0 Å². The number of nitrogens with zero attached hydrogens (tertiary/aromatic N) is 1. The third-order valence-corrected chi connectivity index (χ3v) is 4.33. The van der Waals surface area contributed by atoms with E-state index in [2.05, 4.69) is 18.6 Å². The summed E-state index contributed by atoms with van der Waals surface area (Å²) < 4.78 is 26.4. The summed E-state index contributed by atoms with van der Waals surface area (Å²) in [5.74, 6) is 0.423. The van der Waals surface area contributed by atoms with E-state index in [1.165, 1.54) is 6.92 Å². The average Bonchev–Trinajstić information content (AvgIpc) is 2.13. The maximum absolute atomic E-state index is 11.8. The van der Waals surface area contributed by atoms with Crippen molar-refractivity contribution < 1.29 is 13.5 Å². The molecule has 0 rings (SSSR count). The van der Waals surface area contributed by atoms with Gasteiger partial charge in [0.05, 0.1) is 11.9 Å². The van der Waals surface area contributed by atoms with Gasteiger partial charge in [-0.25, -0.2) is 13.1 Å². The second-order valence-corrected chi connectivity index (χ2v) is 7.38. The Labute approximate surface area is 105 Å². The van der Waals surface area contributed by atoms with E-state index >= 15 is 0 Å². The largest absolute Gasteiger partial charge is 0.395 e. The molecule has 2 unspecified atom stereocenters. The van der Waals surface area contributed by atoms with Crippen molar-refractivity contribution in [2.24, 2.45) is 5.92 Å². The van der Waals surface area contributed by atoms with Gasteiger partial charge < -0.3 is 10.0 Å². The Morgan fingerprint density at radius 2 is 1.76 bits per heavy atom. The second-order valence-electron chi connectivity index (χ2n) is 5.24. The molecule has 0 aliphatic carbocycles. The topological polar surface area (TPSA) is 69.6 Å². The smallest absolute Gasteiger partial charge is 0.216 e. The van der Waals surface area contributed by atoms with E-state index in [1.807, 2.05) is 19.0 Å². The lowest BCUT2D eigenvalue weighted by Crippen LogP contribution is -2.46. The first-order valence-electron chi connectivity index (χ1n) is 5.95. The Morgan fingerprint density at radius 3 is 2.12 bits per heavy atom. The summed E-state index contributed by atoms with van der Waals surface area (Å²) >= 11 is 0. The van der Waals surface area contributed by atoms with Crippen molar-refractivity contribution in [1.29, 1.82) is 0 Å². The lowest BCUT2D eigenvalue weighted by Gasteiger charge is -2.25. The summed E-state index contributed by atoms with van der Waals surface area (Å²) in [5, 5.41) is 8.15. The molecule has 0 aromatic carbocycles. The highest BCUT2D eigenvalue weighted by Crippen LogP contribution is 2.08. The number of nitrogens with one attached hydrogen (secondary N) is 1. The van der Waals surface area contributed by atoms with Crippen LogP contribution in [-0.2, 0) is 10.0 Å². The molecule has 6 heteroatoms. The molecule has 0 radical (unpaired) electrons. The normalized spacial score (nSPS) is 16.5. The zero-order chi connectivity index (χ0) is 13.6. The van der Waals surface area contributed by atoms with Gasteiger partial charge in [0.1, 0.15) is 0 Å². The van der Waals surface area contributed by atoms with E-state index in [0.29, 0.717) is 12.5 Å². The summed E-state index contributed by atoms with van der Waals surface area (Å²) in [6.45, 7) is 5.94. The Kier molecular flexibility index (Phi) is 7.23. The minimum absolute atomic E-state index is 0.107. The van der Waals surface area contributed by atoms with Gasteiger partial charge in [-0.05, 0) is 33.4 Å². The fraction of sp³-hybridized carbons (Fsp3) is 1.00. The van der Waals surface area contributed by atoms with E-state index in [-0.39, 0.29) is 12.6 Å². The zero-order valence-electron chi connectivity index (χ0n) is 11.5. The van der Waals surface area contributed by atoms with Crippen molar-refractivity contribution in [1.82, 2.24) is 9.62 Å². The predicted octanol–water partition coefficient (Wildman–Crippen LogP) is 0.263. The summed E-state index contributed by atoms with van der Waals surface area (Å²) in [5.41, 5.74) is 0. The van der Waals surface area contributed by atoms with Crippen molar-refractivity contribution in [2.45, 2.75) is 38.5 Å². The van der Waals surface area contributed by atoms with Crippen LogP contribution in [0.15, 0.2) is 0 Å². The molecular weight excluding hydrogens is 240 g/mol. The van der Waals surface area contributed by atoms with Crippen LogP contribution in [0.25, 0.3) is 0 Å². The van der Waals surface area contributed by atoms with Gasteiger partial charge in [0, 0.05) is 12.6 Å². The molecule has 2 N–H and O–H groups in total. The van der Waals surface area contributed by atoms with Crippen LogP contribution in [0.4, 0.5) is 0 Å². The molecule has 0 heterocycles. The van der Waals surface area contributed by atoms with Crippen molar-refractivity contribution in [3.63, 3.8) is 0 Å². The van der Waals surface area contributed by atoms with Crippen LogP contribution in [0, 0.1) is 5.92 Å². The lowest BCUT2D eigenvalue weighted by molar-refractivity contribution is 0.291. The van der Waals surface area contributed by atoms with Gasteiger partial charge in [0.2, 0.25) is 10.0 Å². The number of hydrogen-bond acceptors (Lipinski definition) is 4. The van der Waals surface area contributed by atoms with E-state index in [4.69, 9.17) is 5.11 Å². The van der Waals surface area contributed by atoms with Gasteiger partial charge in [0.15, 0.2) is 0 Å².